The maximum atomic E-state index is 12.3. The Morgan fingerprint density at radius 2 is 2.16 bits per heavy atom. The summed E-state index contributed by atoms with van der Waals surface area (Å²) in [4.78, 5) is 14.3. The van der Waals surface area contributed by atoms with Crippen molar-refractivity contribution in [2.75, 3.05) is 19.6 Å². The van der Waals surface area contributed by atoms with Crippen molar-refractivity contribution >= 4 is 5.91 Å². The summed E-state index contributed by atoms with van der Waals surface area (Å²) in [5.74, 6) is 0.268. The summed E-state index contributed by atoms with van der Waals surface area (Å²) in [6, 6.07) is 0.0237. The van der Waals surface area contributed by atoms with E-state index in [4.69, 9.17) is 4.74 Å². The van der Waals surface area contributed by atoms with Gasteiger partial charge in [0, 0.05) is 19.6 Å². The molecule has 0 aromatic carbocycles. The average molecular weight is 266 g/mol. The third kappa shape index (κ3) is 2.65. The Hall–Kier alpha value is -0.610. The number of nitrogens with zero attached hydrogens (tertiary/aromatic N) is 1. The molecule has 3 rings (SSSR count). The number of nitrogens with one attached hydrogen (secondary N) is 1. The molecule has 2 heterocycles. The van der Waals surface area contributed by atoms with E-state index in [1.165, 1.54) is 32.1 Å². The van der Waals surface area contributed by atoms with Crippen molar-refractivity contribution in [3.8, 4) is 0 Å². The van der Waals surface area contributed by atoms with Crippen LogP contribution in [0.1, 0.15) is 51.9 Å². The minimum atomic E-state index is 0.0237. The van der Waals surface area contributed by atoms with Crippen molar-refractivity contribution < 1.29 is 9.53 Å². The first-order valence-corrected chi connectivity index (χ1v) is 7.92. The smallest absolute Gasteiger partial charge is 0.239 e. The van der Waals surface area contributed by atoms with Gasteiger partial charge in [-0.15, -0.1) is 0 Å². The average Bonchev–Trinajstić information content (AvgIpc) is 3.03. The van der Waals surface area contributed by atoms with Gasteiger partial charge in [0.1, 0.15) is 0 Å². The first kappa shape index (κ1) is 13.4. The van der Waals surface area contributed by atoms with Crippen LogP contribution in [0.5, 0.6) is 0 Å². The van der Waals surface area contributed by atoms with Crippen LogP contribution in [0.3, 0.4) is 0 Å². The maximum absolute atomic E-state index is 12.3. The van der Waals surface area contributed by atoms with Gasteiger partial charge >= 0.3 is 0 Å². The van der Waals surface area contributed by atoms with Gasteiger partial charge in [-0.3, -0.25) is 4.79 Å². The molecule has 3 aliphatic rings. The number of carbonyl (C=O) groups excluding carboxylic acids is 1. The molecule has 1 saturated carbocycles. The number of ether oxygens (including phenoxy) is 1. The summed E-state index contributed by atoms with van der Waals surface area (Å²) in [5.41, 5.74) is 0.186. The molecule has 4 heteroatoms. The Bertz CT molecular complexity index is 339. The van der Waals surface area contributed by atoms with Crippen LogP contribution in [0.2, 0.25) is 0 Å². The molecular formula is C15H26N2O2. The largest absolute Gasteiger partial charge is 0.370 e. The molecule has 1 aliphatic carbocycles. The lowest BCUT2D eigenvalue weighted by molar-refractivity contribution is -0.138. The zero-order chi connectivity index (χ0) is 13.3. The molecule has 2 saturated heterocycles. The highest BCUT2D eigenvalue weighted by Crippen LogP contribution is 2.43. The van der Waals surface area contributed by atoms with E-state index in [0.29, 0.717) is 0 Å². The second kappa shape index (κ2) is 5.41. The zero-order valence-corrected chi connectivity index (χ0v) is 12.0. The maximum Gasteiger partial charge on any atom is 0.239 e. The van der Waals surface area contributed by atoms with Crippen molar-refractivity contribution in [1.29, 1.82) is 0 Å². The Labute approximate surface area is 115 Å². The highest BCUT2D eigenvalue weighted by Gasteiger charge is 2.43. The van der Waals surface area contributed by atoms with Gasteiger partial charge in [-0.1, -0.05) is 19.8 Å². The molecule has 2 atom stereocenters. The van der Waals surface area contributed by atoms with Gasteiger partial charge in [0.2, 0.25) is 5.91 Å². The van der Waals surface area contributed by atoms with Crippen LogP contribution < -0.4 is 5.32 Å². The molecule has 2 aliphatic heterocycles. The lowest BCUT2D eigenvalue weighted by Crippen LogP contribution is -2.56. The van der Waals surface area contributed by atoms with Gasteiger partial charge in [0.25, 0.3) is 0 Å². The number of hydrogen-bond donors (Lipinski definition) is 1. The number of carbonyl (C=O) groups is 1. The van der Waals surface area contributed by atoms with Crippen LogP contribution in [0.15, 0.2) is 0 Å². The molecule has 3 fully saturated rings. The number of amides is 1. The molecule has 1 N–H and O–H groups in total. The third-order valence-corrected chi connectivity index (χ3v) is 5.07. The van der Waals surface area contributed by atoms with Crippen molar-refractivity contribution in [2.24, 2.45) is 0 Å². The second-order valence-electron chi connectivity index (χ2n) is 6.37. The summed E-state index contributed by atoms with van der Waals surface area (Å²) in [5, 5.41) is 3.29. The Balaban J connectivity index is 1.55. The van der Waals surface area contributed by atoms with Crippen LogP contribution in [-0.2, 0) is 9.53 Å². The molecule has 2 unspecified atom stereocenters. The molecule has 19 heavy (non-hydrogen) atoms. The van der Waals surface area contributed by atoms with Crippen molar-refractivity contribution in [2.45, 2.75) is 69.6 Å². The van der Waals surface area contributed by atoms with Gasteiger partial charge in [-0.25, -0.2) is 0 Å². The first-order valence-electron chi connectivity index (χ1n) is 7.92. The molecule has 1 amide bonds. The van der Waals surface area contributed by atoms with Gasteiger partial charge in [-0.05, 0) is 32.1 Å². The molecule has 0 aromatic rings. The van der Waals surface area contributed by atoms with E-state index in [1.54, 1.807) is 0 Å². The van der Waals surface area contributed by atoms with E-state index in [9.17, 15) is 4.79 Å². The van der Waals surface area contributed by atoms with Gasteiger partial charge in [0.15, 0.2) is 0 Å². The second-order valence-corrected chi connectivity index (χ2v) is 6.37. The van der Waals surface area contributed by atoms with Gasteiger partial charge in [-0.2, -0.15) is 0 Å². The van der Waals surface area contributed by atoms with Crippen molar-refractivity contribution in [3.05, 3.63) is 0 Å². The minimum Gasteiger partial charge on any atom is -0.370 e. The Kier molecular flexibility index (Phi) is 3.81. The first-order chi connectivity index (χ1) is 9.22. The van der Waals surface area contributed by atoms with E-state index >= 15 is 0 Å². The molecule has 108 valence electrons. The summed E-state index contributed by atoms with van der Waals surface area (Å²) in [6.45, 7) is 4.63. The predicted molar refractivity (Wildman–Crippen MR) is 74.0 cm³/mol. The molecule has 4 nitrogen and oxygen atoms in total. The Morgan fingerprint density at radius 1 is 1.37 bits per heavy atom. The summed E-state index contributed by atoms with van der Waals surface area (Å²) < 4.78 is 6.32. The van der Waals surface area contributed by atoms with Crippen molar-refractivity contribution in [1.82, 2.24) is 10.2 Å². The molecule has 1 spiro atoms. The van der Waals surface area contributed by atoms with Crippen molar-refractivity contribution in [3.63, 3.8) is 0 Å². The van der Waals surface area contributed by atoms with Crippen LogP contribution in [0.4, 0.5) is 0 Å². The Morgan fingerprint density at radius 3 is 2.89 bits per heavy atom. The fourth-order valence-corrected chi connectivity index (χ4v) is 3.95. The number of hydrogen-bond acceptors (Lipinski definition) is 3. The van der Waals surface area contributed by atoms with Gasteiger partial charge < -0.3 is 15.0 Å². The van der Waals surface area contributed by atoms with Crippen LogP contribution in [-0.4, -0.2) is 48.2 Å². The summed E-state index contributed by atoms with van der Waals surface area (Å²) >= 11 is 0. The quantitative estimate of drug-likeness (QED) is 0.845. The fourth-order valence-electron chi connectivity index (χ4n) is 3.95. The van der Waals surface area contributed by atoms with E-state index in [1.807, 2.05) is 4.90 Å². The predicted octanol–water partition coefficient (Wildman–Crippen LogP) is 1.69. The molecule has 0 bridgehead atoms. The number of piperazine rings is 1. The third-order valence-electron chi connectivity index (χ3n) is 5.07. The van der Waals surface area contributed by atoms with Gasteiger partial charge in [0.05, 0.1) is 17.7 Å². The highest BCUT2D eigenvalue weighted by molar-refractivity contribution is 5.82. The summed E-state index contributed by atoms with van der Waals surface area (Å²) in [7, 11) is 0. The normalized spacial score (nSPS) is 34.4. The minimum absolute atomic E-state index is 0.0237. The van der Waals surface area contributed by atoms with Crippen LogP contribution in [0, 0.1) is 0 Å². The summed E-state index contributed by atoms with van der Waals surface area (Å²) in [6.07, 6.45) is 8.59. The van der Waals surface area contributed by atoms with E-state index in [0.717, 1.165) is 32.5 Å². The monoisotopic (exact) mass is 266 g/mol. The van der Waals surface area contributed by atoms with Crippen LogP contribution >= 0.6 is 0 Å². The van der Waals surface area contributed by atoms with Crippen LogP contribution in [0.25, 0.3) is 0 Å². The van der Waals surface area contributed by atoms with E-state index in [-0.39, 0.29) is 23.7 Å². The number of rotatable bonds is 3. The molecule has 0 radical (unpaired) electrons. The SMILES string of the molecule is CCC1NCCN(CC2CCC3(CCCC3)O2)C1=O. The van der Waals surface area contributed by atoms with E-state index in [2.05, 4.69) is 12.2 Å². The standard InChI is InChI=1S/C15H26N2O2/c1-2-13-14(18)17(10-9-16-13)11-12-5-8-15(19-12)6-3-4-7-15/h12-13,16H,2-11H2,1H3. The lowest BCUT2D eigenvalue weighted by atomic mass is 9.98. The van der Waals surface area contributed by atoms with E-state index < -0.39 is 0 Å². The lowest BCUT2D eigenvalue weighted by Gasteiger charge is -2.34. The molecule has 0 aromatic heterocycles. The topological polar surface area (TPSA) is 41.6 Å². The highest BCUT2D eigenvalue weighted by atomic mass is 16.5. The fraction of sp³-hybridized carbons (Fsp3) is 0.933. The molecular weight excluding hydrogens is 240 g/mol. The zero-order valence-electron chi connectivity index (χ0n) is 12.0.